The fraction of sp³-hybridized carbons (Fsp3) is 0.368. The highest BCUT2D eigenvalue weighted by Crippen LogP contribution is 2.30. The third-order valence-corrected chi connectivity index (χ3v) is 4.96. The van der Waals surface area contributed by atoms with Crippen LogP contribution in [0.4, 0.5) is 0 Å². The van der Waals surface area contributed by atoms with Gasteiger partial charge in [-0.1, -0.05) is 0 Å². The van der Waals surface area contributed by atoms with Crippen LogP contribution in [0, 0.1) is 13.8 Å². The smallest absolute Gasteiger partial charge is 0.272 e. The Morgan fingerprint density at radius 1 is 1.23 bits per heavy atom. The Hall–Kier alpha value is -2.96. The van der Waals surface area contributed by atoms with Gasteiger partial charge in [0, 0.05) is 50.0 Å². The van der Waals surface area contributed by atoms with E-state index in [1.54, 1.807) is 17.1 Å². The van der Waals surface area contributed by atoms with Crippen LogP contribution in [0.25, 0.3) is 11.4 Å². The highest BCUT2D eigenvalue weighted by Gasteiger charge is 2.31. The molecule has 1 atom stereocenters. The second-order valence-corrected chi connectivity index (χ2v) is 6.82. The number of pyridine rings is 1. The molecule has 1 saturated heterocycles. The number of carbonyl (C=O) groups is 1. The number of likely N-dealkylation sites (tertiary alicyclic amines) is 1. The lowest BCUT2D eigenvalue weighted by atomic mass is 10.2. The van der Waals surface area contributed by atoms with Gasteiger partial charge in [0.2, 0.25) is 0 Å². The number of imidazole rings is 1. The van der Waals surface area contributed by atoms with Crippen molar-refractivity contribution in [1.29, 1.82) is 0 Å². The zero-order valence-electron chi connectivity index (χ0n) is 15.3. The van der Waals surface area contributed by atoms with Crippen molar-refractivity contribution in [3.63, 3.8) is 0 Å². The summed E-state index contributed by atoms with van der Waals surface area (Å²) in [4.78, 5) is 23.5. The summed E-state index contributed by atoms with van der Waals surface area (Å²) in [6.07, 6.45) is 6.36. The van der Waals surface area contributed by atoms with Gasteiger partial charge in [-0.25, -0.2) is 4.98 Å². The van der Waals surface area contributed by atoms with E-state index in [2.05, 4.69) is 26.6 Å². The van der Waals surface area contributed by atoms with E-state index in [-0.39, 0.29) is 11.9 Å². The molecule has 26 heavy (non-hydrogen) atoms. The topological polar surface area (TPSA) is 68.8 Å². The Morgan fingerprint density at radius 2 is 2.00 bits per heavy atom. The molecule has 0 aliphatic carbocycles. The van der Waals surface area contributed by atoms with Gasteiger partial charge in [0.05, 0.1) is 11.7 Å². The number of aromatic nitrogens is 5. The average Bonchev–Trinajstić information content (AvgIpc) is 3.33. The molecule has 1 amide bonds. The van der Waals surface area contributed by atoms with Crippen LogP contribution < -0.4 is 0 Å². The molecule has 7 nitrogen and oxygen atoms in total. The molecule has 4 rings (SSSR count). The summed E-state index contributed by atoms with van der Waals surface area (Å²) >= 11 is 0. The average molecular weight is 350 g/mol. The van der Waals surface area contributed by atoms with E-state index in [0.717, 1.165) is 35.7 Å². The fourth-order valence-corrected chi connectivity index (χ4v) is 3.73. The first-order valence-electron chi connectivity index (χ1n) is 8.78. The van der Waals surface area contributed by atoms with Gasteiger partial charge < -0.3 is 9.47 Å². The Balaban J connectivity index is 1.59. The monoisotopic (exact) mass is 350 g/mol. The van der Waals surface area contributed by atoms with E-state index >= 15 is 0 Å². The van der Waals surface area contributed by atoms with Crippen LogP contribution >= 0.6 is 0 Å². The molecule has 0 bridgehead atoms. The lowest BCUT2D eigenvalue weighted by molar-refractivity contribution is 0.0776. The van der Waals surface area contributed by atoms with Gasteiger partial charge in [-0.2, -0.15) is 5.10 Å². The molecule has 1 unspecified atom stereocenters. The quantitative estimate of drug-likeness (QED) is 0.727. The predicted octanol–water partition coefficient (Wildman–Crippen LogP) is 2.38. The second kappa shape index (κ2) is 6.40. The molecule has 0 radical (unpaired) electrons. The summed E-state index contributed by atoms with van der Waals surface area (Å²) < 4.78 is 3.91. The predicted molar refractivity (Wildman–Crippen MR) is 97.7 cm³/mol. The van der Waals surface area contributed by atoms with Gasteiger partial charge in [0.15, 0.2) is 0 Å². The summed E-state index contributed by atoms with van der Waals surface area (Å²) in [5.41, 5.74) is 3.64. The molecule has 4 heterocycles. The summed E-state index contributed by atoms with van der Waals surface area (Å²) in [7, 11) is 1.81. The molecule has 134 valence electrons. The van der Waals surface area contributed by atoms with Crippen LogP contribution in [-0.2, 0) is 7.05 Å². The maximum absolute atomic E-state index is 12.9. The van der Waals surface area contributed by atoms with Crippen LogP contribution in [0.5, 0.6) is 0 Å². The molecule has 0 saturated carbocycles. The van der Waals surface area contributed by atoms with Gasteiger partial charge >= 0.3 is 0 Å². The first-order valence-corrected chi connectivity index (χ1v) is 8.78. The van der Waals surface area contributed by atoms with Crippen molar-refractivity contribution in [3.05, 3.63) is 53.9 Å². The van der Waals surface area contributed by atoms with Gasteiger partial charge in [-0.15, -0.1) is 0 Å². The highest BCUT2D eigenvalue weighted by molar-refractivity contribution is 5.92. The van der Waals surface area contributed by atoms with Crippen molar-refractivity contribution in [2.75, 3.05) is 13.1 Å². The largest absolute Gasteiger partial charge is 0.335 e. The lowest BCUT2D eigenvalue weighted by Gasteiger charge is -2.19. The van der Waals surface area contributed by atoms with Gasteiger partial charge in [-0.3, -0.25) is 14.5 Å². The van der Waals surface area contributed by atoms with E-state index in [4.69, 9.17) is 0 Å². The zero-order chi connectivity index (χ0) is 18.3. The second-order valence-electron chi connectivity index (χ2n) is 6.82. The van der Waals surface area contributed by atoms with E-state index < -0.39 is 0 Å². The standard InChI is InChI=1S/C19H22N6O/c1-13-10-17(23(3)22-13)19(26)24-9-6-16(12-24)25-14(2)11-21-18(25)15-4-7-20-8-5-15/h4-5,7-8,10-11,16H,6,9,12H2,1-3H3. The molecule has 0 aromatic carbocycles. The van der Waals surface area contributed by atoms with Crippen LogP contribution in [0.1, 0.15) is 34.3 Å². The number of hydrogen-bond acceptors (Lipinski definition) is 4. The molecule has 1 aliphatic heterocycles. The van der Waals surface area contributed by atoms with E-state index in [9.17, 15) is 4.79 Å². The minimum absolute atomic E-state index is 0.0406. The molecule has 0 spiro atoms. The van der Waals surface area contributed by atoms with Gasteiger partial charge in [0.1, 0.15) is 11.5 Å². The third-order valence-electron chi connectivity index (χ3n) is 4.96. The minimum Gasteiger partial charge on any atom is -0.335 e. The Morgan fingerprint density at radius 3 is 2.69 bits per heavy atom. The van der Waals surface area contributed by atoms with Crippen LogP contribution in [0.2, 0.25) is 0 Å². The third kappa shape index (κ3) is 2.79. The van der Waals surface area contributed by atoms with Crippen molar-refractivity contribution >= 4 is 5.91 Å². The summed E-state index contributed by atoms with van der Waals surface area (Å²) in [5, 5.41) is 4.29. The van der Waals surface area contributed by atoms with E-state index in [0.29, 0.717) is 12.2 Å². The Kier molecular flexibility index (Phi) is 4.06. The number of rotatable bonds is 3. The SMILES string of the molecule is Cc1cc(C(=O)N2CCC(n3c(C)cnc3-c3ccncc3)C2)n(C)n1. The maximum atomic E-state index is 12.9. The van der Waals surface area contributed by atoms with Crippen LogP contribution in [-0.4, -0.2) is 48.2 Å². The first-order chi connectivity index (χ1) is 12.5. The van der Waals surface area contributed by atoms with E-state index in [1.807, 2.05) is 43.3 Å². The van der Waals surface area contributed by atoms with Crippen molar-refractivity contribution in [1.82, 2.24) is 29.2 Å². The normalized spacial score (nSPS) is 17.0. The maximum Gasteiger partial charge on any atom is 0.272 e. The molecule has 1 fully saturated rings. The highest BCUT2D eigenvalue weighted by atomic mass is 16.2. The van der Waals surface area contributed by atoms with Crippen LogP contribution in [0.15, 0.2) is 36.8 Å². The molecule has 3 aromatic rings. The van der Waals surface area contributed by atoms with Crippen molar-refractivity contribution in [2.45, 2.75) is 26.3 Å². The first kappa shape index (κ1) is 16.5. The van der Waals surface area contributed by atoms with E-state index in [1.165, 1.54) is 0 Å². The van der Waals surface area contributed by atoms with Crippen LogP contribution in [0.3, 0.4) is 0 Å². The molecule has 0 N–H and O–H groups in total. The summed E-state index contributed by atoms with van der Waals surface area (Å²) in [6.45, 7) is 5.38. The zero-order valence-corrected chi connectivity index (χ0v) is 15.3. The van der Waals surface area contributed by atoms with Crippen molar-refractivity contribution in [2.24, 2.45) is 7.05 Å². The molecule has 7 heteroatoms. The van der Waals surface area contributed by atoms with Gasteiger partial charge in [0.25, 0.3) is 5.91 Å². The Labute approximate surface area is 152 Å². The van der Waals surface area contributed by atoms with Crippen molar-refractivity contribution in [3.8, 4) is 11.4 Å². The van der Waals surface area contributed by atoms with Gasteiger partial charge in [-0.05, 0) is 38.5 Å². The minimum atomic E-state index is 0.0406. The summed E-state index contributed by atoms with van der Waals surface area (Å²) in [6, 6.07) is 6.00. The fourth-order valence-electron chi connectivity index (χ4n) is 3.73. The van der Waals surface area contributed by atoms with Crippen molar-refractivity contribution < 1.29 is 4.79 Å². The molecule has 3 aromatic heterocycles. The number of hydrogen-bond donors (Lipinski definition) is 0. The number of aryl methyl sites for hydroxylation is 3. The number of amides is 1. The number of nitrogens with zero attached hydrogens (tertiary/aromatic N) is 6. The molecule has 1 aliphatic rings. The summed E-state index contributed by atoms with van der Waals surface area (Å²) in [5.74, 6) is 0.972. The lowest BCUT2D eigenvalue weighted by Crippen LogP contribution is -2.30. The molecular formula is C19H22N6O. The number of carbonyl (C=O) groups excluding carboxylic acids is 1. The Bertz CT molecular complexity index is 942. The molecular weight excluding hydrogens is 328 g/mol.